The number of nitrogens with one attached hydrogen (secondary N) is 1. The predicted molar refractivity (Wildman–Crippen MR) is 43.0 cm³/mol. The number of aliphatic hydroxyl groups is 2. The Hall–Kier alpha value is -0.810. The molecule has 72 valence electrons. The molecule has 0 amide bonds. The standard InChI is InChI=1S/C7H15NO4/c1-5(10)4-11-7(8)12-6(2)3-9/h5-6,8-10H,3-4H2,1-2H3. The molecule has 0 spiro atoms. The number of hydrogen-bond acceptors (Lipinski definition) is 5. The Balaban J connectivity index is 3.46. The minimum atomic E-state index is -0.626. The minimum Gasteiger partial charge on any atom is -0.448 e. The van der Waals surface area contributed by atoms with E-state index in [-0.39, 0.29) is 19.3 Å². The van der Waals surface area contributed by atoms with Crippen LogP contribution in [0.2, 0.25) is 0 Å². The van der Waals surface area contributed by atoms with Gasteiger partial charge in [-0.05, 0) is 13.8 Å². The van der Waals surface area contributed by atoms with Crippen LogP contribution in [-0.2, 0) is 9.47 Å². The van der Waals surface area contributed by atoms with Crippen LogP contribution in [0.15, 0.2) is 0 Å². The highest BCUT2D eigenvalue weighted by Crippen LogP contribution is 1.92. The van der Waals surface area contributed by atoms with Gasteiger partial charge in [-0.15, -0.1) is 0 Å². The molecule has 0 saturated carbocycles. The van der Waals surface area contributed by atoms with E-state index in [0.29, 0.717) is 0 Å². The third-order valence-electron chi connectivity index (χ3n) is 1.02. The maximum atomic E-state index is 8.77. The van der Waals surface area contributed by atoms with E-state index in [1.54, 1.807) is 13.8 Å². The molecule has 0 rings (SSSR count). The molecule has 0 bridgehead atoms. The van der Waals surface area contributed by atoms with Gasteiger partial charge >= 0.3 is 6.08 Å². The van der Waals surface area contributed by atoms with E-state index in [1.807, 2.05) is 0 Å². The Kier molecular flexibility index (Phi) is 5.40. The van der Waals surface area contributed by atoms with Crippen molar-refractivity contribution in [2.75, 3.05) is 13.2 Å². The molecular formula is C7H15NO4. The first-order valence-electron chi connectivity index (χ1n) is 3.73. The van der Waals surface area contributed by atoms with E-state index in [1.165, 1.54) is 0 Å². The summed E-state index contributed by atoms with van der Waals surface area (Å²) in [5, 5.41) is 24.3. The van der Waals surface area contributed by atoms with Gasteiger partial charge in [0.25, 0.3) is 0 Å². The first-order valence-corrected chi connectivity index (χ1v) is 3.73. The van der Waals surface area contributed by atoms with Crippen molar-refractivity contribution in [2.45, 2.75) is 26.1 Å². The summed E-state index contributed by atoms with van der Waals surface area (Å²) < 4.78 is 9.43. The molecule has 5 nitrogen and oxygen atoms in total. The quantitative estimate of drug-likeness (QED) is 0.407. The molecule has 0 aliphatic rings. The molecule has 3 N–H and O–H groups in total. The fourth-order valence-electron chi connectivity index (χ4n) is 0.450. The van der Waals surface area contributed by atoms with Gasteiger partial charge in [0, 0.05) is 0 Å². The van der Waals surface area contributed by atoms with Crippen LogP contribution >= 0.6 is 0 Å². The molecule has 0 aliphatic carbocycles. The van der Waals surface area contributed by atoms with Crippen molar-refractivity contribution in [1.29, 1.82) is 5.41 Å². The molecule has 12 heavy (non-hydrogen) atoms. The van der Waals surface area contributed by atoms with Crippen molar-refractivity contribution >= 4 is 6.08 Å². The van der Waals surface area contributed by atoms with Crippen molar-refractivity contribution in [3.8, 4) is 0 Å². The van der Waals surface area contributed by atoms with E-state index in [0.717, 1.165) is 0 Å². The second kappa shape index (κ2) is 5.79. The summed E-state index contributed by atoms with van der Waals surface area (Å²) >= 11 is 0. The molecule has 2 atom stereocenters. The highest BCUT2D eigenvalue weighted by atomic mass is 16.7. The molecule has 0 aromatic rings. The van der Waals surface area contributed by atoms with Crippen LogP contribution in [0.1, 0.15) is 13.8 Å². The third kappa shape index (κ3) is 5.94. The number of hydrogen-bond donors (Lipinski definition) is 3. The molecular weight excluding hydrogens is 162 g/mol. The Morgan fingerprint density at radius 1 is 1.50 bits per heavy atom. The van der Waals surface area contributed by atoms with Crippen molar-refractivity contribution in [3.05, 3.63) is 0 Å². The van der Waals surface area contributed by atoms with Crippen LogP contribution in [0.3, 0.4) is 0 Å². The fraction of sp³-hybridized carbons (Fsp3) is 0.857. The van der Waals surface area contributed by atoms with Crippen molar-refractivity contribution in [1.82, 2.24) is 0 Å². The van der Waals surface area contributed by atoms with Gasteiger partial charge in [-0.2, -0.15) is 0 Å². The van der Waals surface area contributed by atoms with Gasteiger partial charge in [0.05, 0.1) is 12.7 Å². The summed E-state index contributed by atoms with van der Waals surface area (Å²) in [6, 6.07) is 0. The Morgan fingerprint density at radius 3 is 2.50 bits per heavy atom. The first-order chi connectivity index (χ1) is 5.56. The van der Waals surface area contributed by atoms with Crippen molar-refractivity contribution in [2.24, 2.45) is 0 Å². The summed E-state index contributed by atoms with van der Waals surface area (Å²) in [6.07, 6.45) is -1.46. The Labute approximate surface area is 71.4 Å². The maximum absolute atomic E-state index is 8.77. The topological polar surface area (TPSA) is 82.8 Å². The van der Waals surface area contributed by atoms with Crippen LogP contribution < -0.4 is 0 Å². The zero-order valence-electron chi connectivity index (χ0n) is 7.28. The molecule has 0 aliphatic heterocycles. The minimum absolute atomic E-state index is 0.0248. The van der Waals surface area contributed by atoms with Gasteiger partial charge in [-0.1, -0.05) is 0 Å². The highest BCUT2D eigenvalue weighted by Gasteiger charge is 2.06. The molecule has 0 saturated heterocycles. The summed E-state index contributed by atoms with van der Waals surface area (Å²) in [7, 11) is 0. The molecule has 2 unspecified atom stereocenters. The van der Waals surface area contributed by atoms with E-state index < -0.39 is 12.2 Å². The van der Waals surface area contributed by atoms with Crippen LogP contribution in [-0.4, -0.2) is 41.7 Å². The van der Waals surface area contributed by atoms with E-state index >= 15 is 0 Å². The molecule has 0 aromatic heterocycles. The average molecular weight is 177 g/mol. The lowest BCUT2D eigenvalue weighted by molar-refractivity contribution is 0.0456. The highest BCUT2D eigenvalue weighted by molar-refractivity contribution is 5.62. The largest absolute Gasteiger partial charge is 0.448 e. The molecule has 5 heteroatoms. The summed E-state index contributed by atoms with van der Waals surface area (Å²) in [4.78, 5) is 0. The van der Waals surface area contributed by atoms with Gasteiger partial charge in [0.1, 0.15) is 12.7 Å². The smallest absolute Gasteiger partial charge is 0.380 e. The molecule has 0 radical (unpaired) electrons. The normalized spacial score (nSPS) is 15.0. The first kappa shape index (κ1) is 11.2. The lowest BCUT2D eigenvalue weighted by Gasteiger charge is -2.13. The van der Waals surface area contributed by atoms with Crippen LogP contribution in [0, 0.1) is 5.41 Å². The van der Waals surface area contributed by atoms with Crippen LogP contribution in [0.25, 0.3) is 0 Å². The Bertz CT molecular complexity index is 137. The fourth-order valence-corrected chi connectivity index (χ4v) is 0.450. The summed E-state index contributed by atoms with van der Waals surface area (Å²) in [6.45, 7) is 3.01. The number of ether oxygens (including phenoxy) is 2. The van der Waals surface area contributed by atoms with Crippen molar-refractivity contribution in [3.63, 3.8) is 0 Å². The second-order valence-electron chi connectivity index (χ2n) is 2.56. The summed E-state index contributed by atoms with van der Waals surface area (Å²) in [5.41, 5.74) is 0. The molecule has 0 fully saturated rings. The van der Waals surface area contributed by atoms with Crippen LogP contribution in [0.5, 0.6) is 0 Å². The van der Waals surface area contributed by atoms with Gasteiger partial charge in [0.15, 0.2) is 0 Å². The monoisotopic (exact) mass is 177 g/mol. The van der Waals surface area contributed by atoms with Crippen LogP contribution in [0.4, 0.5) is 0 Å². The number of aliphatic hydroxyl groups excluding tert-OH is 2. The average Bonchev–Trinajstić information content (AvgIpc) is 2.00. The molecule has 0 aromatic carbocycles. The number of rotatable bonds is 4. The van der Waals surface area contributed by atoms with Crippen molar-refractivity contribution < 1.29 is 19.7 Å². The lowest BCUT2D eigenvalue weighted by Crippen LogP contribution is -2.22. The zero-order valence-corrected chi connectivity index (χ0v) is 7.28. The van der Waals surface area contributed by atoms with E-state index in [2.05, 4.69) is 4.74 Å². The third-order valence-corrected chi connectivity index (χ3v) is 1.02. The lowest BCUT2D eigenvalue weighted by atomic mass is 10.4. The Morgan fingerprint density at radius 2 is 2.08 bits per heavy atom. The van der Waals surface area contributed by atoms with E-state index in [9.17, 15) is 0 Å². The van der Waals surface area contributed by atoms with Gasteiger partial charge < -0.3 is 19.7 Å². The van der Waals surface area contributed by atoms with Gasteiger partial charge in [-0.3, -0.25) is 0 Å². The summed E-state index contributed by atoms with van der Waals surface area (Å²) in [5.74, 6) is 0. The zero-order chi connectivity index (χ0) is 9.56. The second-order valence-corrected chi connectivity index (χ2v) is 2.56. The maximum Gasteiger partial charge on any atom is 0.380 e. The van der Waals surface area contributed by atoms with Gasteiger partial charge in [-0.25, -0.2) is 5.41 Å². The SMILES string of the molecule is CC(O)COC(=N)OC(C)CO. The van der Waals surface area contributed by atoms with E-state index in [4.69, 9.17) is 20.4 Å². The van der Waals surface area contributed by atoms with Gasteiger partial charge in [0.2, 0.25) is 0 Å². The molecule has 0 heterocycles. The predicted octanol–water partition coefficient (Wildman–Crippen LogP) is -0.284.